The standard InChI is InChI=1S/C22H18F2N2O3S2/c1-14(18-8-3-4-9-19(18)24)25-20-11-10-15(23)12-21(20)31(28,29)26(22(25)27)16-6-5-7-17(13-16)30-2/h3-14H,1-2H3. The van der Waals surface area contributed by atoms with E-state index in [2.05, 4.69) is 0 Å². The Kier molecular flexibility index (Phi) is 5.49. The lowest BCUT2D eigenvalue weighted by Crippen LogP contribution is -2.52. The maximum absolute atomic E-state index is 14.5. The van der Waals surface area contributed by atoms with Crippen molar-refractivity contribution in [3.63, 3.8) is 0 Å². The molecule has 3 aromatic rings. The van der Waals surface area contributed by atoms with Gasteiger partial charge in [-0.25, -0.2) is 22.0 Å². The van der Waals surface area contributed by atoms with Crippen LogP contribution < -0.4 is 9.21 Å². The molecule has 0 bridgehead atoms. The molecule has 0 saturated carbocycles. The number of rotatable bonds is 4. The predicted molar refractivity (Wildman–Crippen MR) is 117 cm³/mol. The van der Waals surface area contributed by atoms with Gasteiger partial charge in [0, 0.05) is 10.5 Å². The molecule has 5 nitrogen and oxygen atoms in total. The van der Waals surface area contributed by atoms with Crippen LogP contribution in [-0.2, 0) is 10.0 Å². The van der Waals surface area contributed by atoms with E-state index in [0.29, 0.717) is 4.31 Å². The van der Waals surface area contributed by atoms with E-state index in [1.54, 1.807) is 31.2 Å². The van der Waals surface area contributed by atoms with Crippen LogP contribution in [0.3, 0.4) is 0 Å². The first-order valence-corrected chi connectivity index (χ1v) is 12.0. The van der Waals surface area contributed by atoms with Crippen LogP contribution in [0.15, 0.2) is 76.5 Å². The summed E-state index contributed by atoms with van der Waals surface area (Å²) in [5.41, 5.74) is 0.333. The third kappa shape index (κ3) is 3.57. The zero-order valence-electron chi connectivity index (χ0n) is 16.6. The molecule has 0 aliphatic carbocycles. The Morgan fingerprint density at radius 2 is 1.71 bits per heavy atom. The molecule has 0 N–H and O–H groups in total. The van der Waals surface area contributed by atoms with Crippen molar-refractivity contribution in [3.8, 4) is 0 Å². The number of hydrogen-bond acceptors (Lipinski definition) is 4. The number of carbonyl (C=O) groups is 1. The summed E-state index contributed by atoms with van der Waals surface area (Å²) >= 11 is 1.39. The Hall–Kier alpha value is -2.91. The van der Waals surface area contributed by atoms with E-state index < -0.39 is 33.7 Å². The summed E-state index contributed by atoms with van der Waals surface area (Å²) in [4.78, 5) is 15.1. The van der Waals surface area contributed by atoms with Gasteiger partial charge in [-0.1, -0.05) is 24.3 Å². The Bertz CT molecular complexity index is 1280. The van der Waals surface area contributed by atoms with Crippen LogP contribution in [0.2, 0.25) is 0 Å². The van der Waals surface area contributed by atoms with E-state index in [-0.39, 0.29) is 21.8 Å². The smallest absolute Gasteiger partial charge is 0.284 e. The Morgan fingerprint density at radius 1 is 0.968 bits per heavy atom. The minimum absolute atomic E-state index is 0.000533. The number of hydrogen-bond donors (Lipinski definition) is 0. The van der Waals surface area contributed by atoms with Crippen LogP contribution in [0.25, 0.3) is 0 Å². The highest BCUT2D eigenvalue weighted by Gasteiger charge is 2.45. The second kappa shape index (κ2) is 7.97. The predicted octanol–water partition coefficient (Wildman–Crippen LogP) is 5.58. The van der Waals surface area contributed by atoms with Gasteiger partial charge in [0.05, 0.1) is 17.4 Å². The highest BCUT2D eigenvalue weighted by molar-refractivity contribution is 7.98. The summed E-state index contributed by atoms with van der Waals surface area (Å²) in [6.07, 6.45) is 1.82. The molecular weight excluding hydrogens is 442 g/mol. The van der Waals surface area contributed by atoms with Crippen molar-refractivity contribution >= 4 is 39.2 Å². The van der Waals surface area contributed by atoms with Gasteiger partial charge in [0.2, 0.25) is 0 Å². The van der Waals surface area contributed by atoms with E-state index in [0.717, 1.165) is 17.0 Å². The number of carbonyl (C=O) groups excluding carboxylic acids is 1. The largest absolute Gasteiger partial charge is 0.343 e. The normalized spacial score (nSPS) is 16.2. The first kappa shape index (κ1) is 21.3. The summed E-state index contributed by atoms with van der Waals surface area (Å²) in [5, 5.41) is 0. The van der Waals surface area contributed by atoms with Gasteiger partial charge in [-0.2, -0.15) is 4.31 Å². The molecule has 0 spiro atoms. The molecule has 160 valence electrons. The lowest BCUT2D eigenvalue weighted by atomic mass is 10.1. The number of anilines is 2. The van der Waals surface area contributed by atoms with Crippen LogP contribution in [0.1, 0.15) is 18.5 Å². The first-order chi connectivity index (χ1) is 14.8. The third-order valence-corrected chi connectivity index (χ3v) is 7.57. The van der Waals surface area contributed by atoms with Crippen molar-refractivity contribution < 1.29 is 22.0 Å². The minimum Gasteiger partial charge on any atom is -0.284 e. The number of urea groups is 1. The third-order valence-electron chi connectivity index (χ3n) is 5.11. The number of thioether (sulfide) groups is 1. The zero-order chi connectivity index (χ0) is 22.3. The summed E-state index contributed by atoms with van der Waals surface area (Å²) in [5.74, 6) is -1.29. The van der Waals surface area contributed by atoms with Gasteiger partial charge in [-0.15, -0.1) is 11.8 Å². The molecule has 3 aromatic carbocycles. The second-order valence-electron chi connectivity index (χ2n) is 6.93. The molecule has 1 unspecified atom stereocenters. The Labute approximate surface area is 183 Å². The molecule has 1 atom stereocenters. The molecule has 4 rings (SSSR count). The molecule has 0 radical (unpaired) electrons. The quantitative estimate of drug-likeness (QED) is 0.477. The number of amides is 2. The molecule has 31 heavy (non-hydrogen) atoms. The Balaban J connectivity index is 1.95. The van der Waals surface area contributed by atoms with E-state index in [9.17, 15) is 22.0 Å². The van der Waals surface area contributed by atoms with E-state index >= 15 is 0 Å². The second-order valence-corrected chi connectivity index (χ2v) is 9.57. The van der Waals surface area contributed by atoms with E-state index in [4.69, 9.17) is 0 Å². The van der Waals surface area contributed by atoms with Crippen molar-refractivity contribution in [1.29, 1.82) is 0 Å². The highest BCUT2D eigenvalue weighted by Crippen LogP contribution is 2.42. The molecule has 0 aromatic heterocycles. The van der Waals surface area contributed by atoms with Gasteiger partial charge in [0.25, 0.3) is 10.0 Å². The van der Waals surface area contributed by atoms with Gasteiger partial charge < -0.3 is 0 Å². The fourth-order valence-electron chi connectivity index (χ4n) is 3.61. The molecule has 9 heteroatoms. The van der Waals surface area contributed by atoms with Crippen LogP contribution in [0.5, 0.6) is 0 Å². The molecule has 1 aliphatic rings. The number of fused-ring (bicyclic) bond motifs is 1. The SMILES string of the molecule is CSc1cccc(N2C(=O)N(C(C)c3ccccc3F)c3ccc(F)cc3S2(=O)=O)c1. The summed E-state index contributed by atoms with van der Waals surface area (Å²) in [6.45, 7) is 1.60. The van der Waals surface area contributed by atoms with Crippen LogP contribution in [0, 0.1) is 11.6 Å². The van der Waals surface area contributed by atoms with Crippen LogP contribution in [0.4, 0.5) is 25.0 Å². The first-order valence-electron chi connectivity index (χ1n) is 9.32. The highest BCUT2D eigenvalue weighted by atomic mass is 32.2. The lowest BCUT2D eigenvalue weighted by molar-refractivity contribution is 0.252. The number of halogens is 2. The van der Waals surface area contributed by atoms with Gasteiger partial charge >= 0.3 is 6.03 Å². The number of sulfonamides is 1. The topological polar surface area (TPSA) is 57.7 Å². The zero-order valence-corrected chi connectivity index (χ0v) is 18.3. The maximum Gasteiger partial charge on any atom is 0.343 e. The molecule has 2 amide bonds. The monoisotopic (exact) mass is 460 g/mol. The fraction of sp³-hybridized carbons (Fsp3) is 0.136. The average molecular weight is 461 g/mol. The van der Waals surface area contributed by atoms with E-state index in [1.807, 2.05) is 6.26 Å². The summed E-state index contributed by atoms with van der Waals surface area (Å²) < 4.78 is 55.9. The maximum atomic E-state index is 14.5. The molecule has 0 fully saturated rings. The average Bonchev–Trinajstić information content (AvgIpc) is 2.74. The van der Waals surface area contributed by atoms with Gasteiger partial charge in [-0.3, -0.25) is 4.90 Å². The molecule has 0 saturated heterocycles. The van der Waals surface area contributed by atoms with Crippen LogP contribution >= 0.6 is 11.8 Å². The van der Waals surface area contributed by atoms with Crippen molar-refractivity contribution in [3.05, 3.63) is 83.9 Å². The van der Waals surface area contributed by atoms with Crippen molar-refractivity contribution in [2.75, 3.05) is 15.5 Å². The van der Waals surface area contributed by atoms with Crippen molar-refractivity contribution in [2.24, 2.45) is 0 Å². The number of benzene rings is 3. The van der Waals surface area contributed by atoms with Crippen molar-refractivity contribution in [2.45, 2.75) is 22.8 Å². The number of nitrogens with zero attached hydrogens (tertiary/aromatic N) is 2. The fourth-order valence-corrected chi connectivity index (χ4v) is 5.64. The summed E-state index contributed by atoms with van der Waals surface area (Å²) in [7, 11) is -4.39. The lowest BCUT2D eigenvalue weighted by Gasteiger charge is -2.39. The molecular formula is C22H18F2N2O3S2. The van der Waals surface area contributed by atoms with Gasteiger partial charge in [0.1, 0.15) is 16.5 Å². The minimum atomic E-state index is -4.39. The van der Waals surface area contributed by atoms with Crippen molar-refractivity contribution in [1.82, 2.24) is 0 Å². The Morgan fingerprint density at radius 3 is 2.42 bits per heavy atom. The molecule has 1 heterocycles. The molecule has 1 aliphatic heterocycles. The van der Waals surface area contributed by atoms with E-state index in [1.165, 1.54) is 47.0 Å². The summed E-state index contributed by atoms with van der Waals surface area (Å²) in [6, 6.07) is 13.9. The van der Waals surface area contributed by atoms with Gasteiger partial charge in [0.15, 0.2) is 0 Å². The van der Waals surface area contributed by atoms with Gasteiger partial charge in [-0.05, 0) is 55.6 Å². The van der Waals surface area contributed by atoms with Crippen LogP contribution in [-0.4, -0.2) is 20.7 Å².